The standard InChI is InChI=1S/C19H20F3N5O6/c20-19(21,22)33-13-3-1-12(2-4-13)32-14-9-25(10-14)7-5-17(28)23-15-6-8-31-18-24-16(27(29)30)11-26(15)18/h1-4,11,14-15H,5-10H2,(H,23,28)/t15-/m0/s1. The van der Waals surface area contributed by atoms with Crippen molar-refractivity contribution in [1.82, 2.24) is 19.8 Å². The summed E-state index contributed by atoms with van der Waals surface area (Å²) in [7, 11) is 0. The molecule has 3 heterocycles. The van der Waals surface area contributed by atoms with Crippen molar-refractivity contribution >= 4 is 11.7 Å². The van der Waals surface area contributed by atoms with Crippen molar-refractivity contribution in [2.45, 2.75) is 31.5 Å². The van der Waals surface area contributed by atoms with Gasteiger partial charge in [0.15, 0.2) is 0 Å². The highest BCUT2D eigenvalue weighted by Crippen LogP contribution is 2.28. The van der Waals surface area contributed by atoms with Crippen LogP contribution in [0.3, 0.4) is 0 Å². The fourth-order valence-electron chi connectivity index (χ4n) is 3.53. The van der Waals surface area contributed by atoms with Crippen molar-refractivity contribution in [2.24, 2.45) is 0 Å². The molecule has 1 atom stereocenters. The Morgan fingerprint density at radius 2 is 1.97 bits per heavy atom. The highest BCUT2D eigenvalue weighted by molar-refractivity contribution is 5.76. The number of carbonyl (C=O) groups is 1. The van der Waals surface area contributed by atoms with Crippen molar-refractivity contribution in [2.75, 3.05) is 26.2 Å². The van der Waals surface area contributed by atoms with Crippen molar-refractivity contribution < 1.29 is 37.1 Å². The van der Waals surface area contributed by atoms with E-state index in [2.05, 4.69) is 15.0 Å². The molecule has 1 N–H and O–H groups in total. The smallest absolute Gasteiger partial charge is 0.488 e. The number of nitrogens with zero attached hydrogens (tertiary/aromatic N) is 4. The topological polar surface area (TPSA) is 121 Å². The first-order valence-electron chi connectivity index (χ1n) is 10.1. The monoisotopic (exact) mass is 471 g/mol. The second-order valence-electron chi connectivity index (χ2n) is 7.54. The molecule has 1 saturated heterocycles. The number of aromatic nitrogens is 2. The van der Waals surface area contributed by atoms with Gasteiger partial charge in [0.25, 0.3) is 0 Å². The van der Waals surface area contributed by atoms with Gasteiger partial charge in [0.1, 0.15) is 30.0 Å². The predicted molar refractivity (Wildman–Crippen MR) is 105 cm³/mol. The number of alkyl halides is 3. The molecule has 2 aliphatic rings. The van der Waals surface area contributed by atoms with E-state index >= 15 is 0 Å². The third-order valence-corrected chi connectivity index (χ3v) is 5.10. The number of amides is 1. The van der Waals surface area contributed by atoms with Crippen LogP contribution in [0, 0.1) is 10.1 Å². The molecular weight excluding hydrogens is 451 g/mol. The average molecular weight is 471 g/mol. The molecule has 1 fully saturated rings. The van der Waals surface area contributed by atoms with Crippen molar-refractivity contribution in [1.29, 1.82) is 0 Å². The molecule has 2 aromatic rings. The summed E-state index contributed by atoms with van der Waals surface area (Å²) in [4.78, 5) is 28.4. The summed E-state index contributed by atoms with van der Waals surface area (Å²) in [5.41, 5.74) is 0. The number of rotatable bonds is 8. The lowest BCUT2D eigenvalue weighted by Crippen LogP contribution is -2.54. The van der Waals surface area contributed by atoms with E-state index in [0.29, 0.717) is 31.8 Å². The van der Waals surface area contributed by atoms with Gasteiger partial charge in [0.2, 0.25) is 5.91 Å². The van der Waals surface area contributed by atoms with Crippen LogP contribution >= 0.6 is 0 Å². The van der Waals surface area contributed by atoms with Crippen LogP contribution in [0.5, 0.6) is 17.5 Å². The van der Waals surface area contributed by atoms with Crippen LogP contribution in [0.2, 0.25) is 0 Å². The lowest BCUT2D eigenvalue weighted by molar-refractivity contribution is -0.389. The molecule has 0 bridgehead atoms. The summed E-state index contributed by atoms with van der Waals surface area (Å²) >= 11 is 0. The van der Waals surface area contributed by atoms with Gasteiger partial charge in [-0.15, -0.1) is 13.2 Å². The molecule has 0 unspecified atom stereocenters. The average Bonchev–Trinajstić information content (AvgIpc) is 3.15. The SMILES string of the molecule is O=C(CCN1CC(Oc2ccc(OC(F)(F)F)cc2)C1)N[C@@H]1CCOc2nc([N+](=O)[O-])cn21. The Labute approximate surface area is 185 Å². The third-order valence-electron chi connectivity index (χ3n) is 5.10. The molecule has 0 saturated carbocycles. The number of hydrogen-bond donors (Lipinski definition) is 1. The second kappa shape index (κ2) is 9.13. The zero-order chi connectivity index (χ0) is 23.6. The Hall–Kier alpha value is -3.55. The minimum absolute atomic E-state index is 0.0963. The van der Waals surface area contributed by atoms with Crippen LogP contribution in [-0.2, 0) is 4.79 Å². The van der Waals surface area contributed by atoms with Crippen molar-refractivity contribution in [3.8, 4) is 17.5 Å². The minimum Gasteiger partial charge on any atom is -0.488 e. The summed E-state index contributed by atoms with van der Waals surface area (Å²) in [5, 5.41) is 13.7. The fraction of sp³-hybridized carbons (Fsp3) is 0.474. The van der Waals surface area contributed by atoms with E-state index in [0.717, 1.165) is 0 Å². The quantitative estimate of drug-likeness (QED) is 0.460. The molecule has 0 radical (unpaired) electrons. The van der Waals surface area contributed by atoms with E-state index in [1.54, 1.807) is 0 Å². The van der Waals surface area contributed by atoms with Gasteiger partial charge >= 0.3 is 18.2 Å². The maximum Gasteiger partial charge on any atom is 0.573 e. The molecule has 11 nitrogen and oxygen atoms in total. The fourth-order valence-corrected chi connectivity index (χ4v) is 3.53. The Morgan fingerprint density at radius 1 is 1.27 bits per heavy atom. The predicted octanol–water partition coefficient (Wildman–Crippen LogP) is 2.24. The molecule has 2 aliphatic heterocycles. The molecule has 0 spiro atoms. The number of benzene rings is 1. The molecule has 14 heteroatoms. The van der Waals surface area contributed by atoms with E-state index < -0.39 is 17.5 Å². The minimum atomic E-state index is -4.74. The van der Waals surface area contributed by atoms with E-state index in [4.69, 9.17) is 9.47 Å². The molecule has 178 valence electrons. The van der Waals surface area contributed by atoms with Gasteiger partial charge in [-0.2, -0.15) is 0 Å². The van der Waals surface area contributed by atoms with E-state index in [1.807, 2.05) is 4.90 Å². The molecular formula is C19H20F3N5O6. The Morgan fingerprint density at radius 3 is 2.64 bits per heavy atom. The maximum absolute atomic E-state index is 12.3. The first-order valence-corrected chi connectivity index (χ1v) is 10.1. The van der Waals surface area contributed by atoms with Crippen LogP contribution < -0.4 is 19.5 Å². The molecule has 4 rings (SSSR count). The normalized spacial score (nSPS) is 18.6. The number of nitro groups is 1. The van der Waals surface area contributed by atoms with Gasteiger partial charge in [-0.1, -0.05) is 0 Å². The molecule has 1 aromatic carbocycles. The van der Waals surface area contributed by atoms with Crippen molar-refractivity contribution in [3.63, 3.8) is 0 Å². The van der Waals surface area contributed by atoms with Crippen LogP contribution in [0.4, 0.5) is 19.0 Å². The number of likely N-dealkylation sites (tertiary alicyclic amines) is 1. The molecule has 1 aromatic heterocycles. The zero-order valence-corrected chi connectivity index (χ0v) is 17.2. The molecule has 0 aliphatic carbocycles. The van der Waals surface area contributed by atoms with Gasteiger partial charge in [-0.3, -0.25) is 14.3 Å². The number of carbonyl (C=O) groups excluding carboxylic acids is 1. The highest BCUT2D eigenvalue weighted by atomic mass is 19.4. The molecule has 1 amide bonds. The highest BCUT2D eigenvalue weighted by Gasteiger charge is 2.33. The van der Waals surface area contributed by atoms with Gasteiger partial charge in [0, 0.05) is 37.5 Å². The number of nitrogens with one attached hydrogen (secondary N) is 1. The largest absolute Gasteiger partial charge is 0.573 e. The first kappa shape index (κ1) is 22.6. The lowest BCUT2D eigenvalue weighted by Gasteiger charge is -2.39. The number of ether oxygens (including phenoxy) is 3. The van der Waals surface area contributed by atoms with Crippen LogP contribution in [0.25, 0.3) is 0 Å². The number of hydrogen-bond acceptors (Lipinski definition) is 8. The Balaban J connectivity index is 1.18. The van der Waals surface area contributed by atoms with Crippen LogP contribution in [-0.4, -0.2) is 64.0 Å². The lowest BCUT2D eigenvalue weighted by atomic mass is 10.1. The van der Waals surface area contributed by atoms with Gasteiger partial charge in [-0.25, -0.2) is 0 Å². The van der Waals surface area contributed by atoms with E-state index in [9.17, 15) is 28.1 Å². The number of halogens is 3. The summed E-state index contributed by atoms with van der Waals surface area (Å²) in [6.07, 6.45) is -3.43. The summed E-state index contributed by atoms with van der Waals surface area (Å²) in [6.45, 7) is 1.92. The number of fused-ring (bicyclic) bond motifs is 1. The maximum atomic E-state index is 12.3. The zero-order valence-electron chi connectivity index (χ0n) is 17.2. The third kappa shape index (κ3) is 5.83. The number of imidazole rings is 1. The van der Waals surface area contributed by atoms with Gasteiger partial charge < -0.3 is 29.6 Å². The second-order valence-corrected chi connectivity index (χ2v) is 7.54. The Kier molecular flexibility index (Phi) is 6.26. The van der Waals surface area contributed by atoms with Gasteiger partial charge in [-0.05, 0) is 29.2 Å². The summed E-state index contributed by atoms with van der Waals surface area (Å²) in [6, 6.07) is 5.26. The Bertz CT molecular complexity index is 1010. The van der Waals surface area contributed by atoms with Crippen LogP contribution in [0.1, 0.15) is 19.0 Å². The first-order chi connectivity index (χ1) is 15.7. The van der Waals surface area contributed by atoms with Crippen LogP contribution in [0.15, 0.2) is 30.5 Å². The van der Waals surface area contributed by atoms with E-state index in [1.165, 1.54) is 35.0 Å². The summed E-state index contributed by atoms with van der Waals surface area (Å²) in [5.74, 6) is -0.455. The van der Waals surface area contributed by atoms with Gasteiger partial charge in [0.05, 0.1) is 6.61 Å². The molecule has 33 heavy (non-hydrogen) atoms. The van der Waals surface area contributed by atoms with Crippen molar-refractivity contribution in [3.05, 3.63) is 40.6 Å². The summed E-state index contributed by atoms with van der Waals surface area (Å²) < 4.78 is 52.8. The van der Waals surface area contributed by atoms with E-state index in [-0.39, 0.29) is 42.6 Å².